The van der Waals surface area contributed by atoms with Crippen molar-refractivity contribution in [2.45, 2.75) is 57.8 Å². The standard InChI is InChI=1S/C27H33N5O6S/c1-16(2)24-25(33)29-17(3)26(34)32-11-5-8-23(30-32)27(35)38-18(4)19-9-10-20-15-28-22(14-21(20)13-19)7-6-12-39(36,37)31-24/h6-7,9-10,13-15,17-18,23-24,30-31H,1,5,8,11-12H2,2-4H3,(H,29,33)/b7-6+/t17-,18+,23-,24-/m0/s1. The molecule has 39 heavy (non-hydrogen) atoms. The molecule has 1 saturated heterocycles. The van der Waals surface area contributed by atoms with Gasteiger partial charge in [-0.3, -0.25) is 24.4 Å². The molecule has 1 aromatic heterocycles. The number of nitrogens with zero attached hydrogens (tertiary/aromatic N) is 2. The minimum atomic E-state index is -3.93. The van der Waals surface area contributed by atoms with Crippen molar-refractivity contribution < 1.29 is 27.5 Å². The summed E-state index contributed by atoms with van der Waals surface area (Å²) in [5.41, 5.74) is 4.50. The van der Waals surface area contributed by atoms with Crippen LogP contribution < -0.4 is 15.5 Å². The lowest BCUT2D eigenvalue weighted by Gasteiger charge is -2.35. The summed E-state index contributed by atoms with van der Waals surface area (Å²) in [7, 11) is -3.93. The number of sulfonamides is 1. The van der Waals surface area contributed by atoms with Gasteiger partial charge in [-0.2, -0.15) is 4.72 Å². The number of carbonyl (C=O) groups is 3. The van der Waals surface area contributed by atoms with Gasteiger partial charge in [0.1, 0.15) is 24.2 Å². The molecule has 2 aromatic rings. The topological polar surface area (TPSA) is 147 Å². The Labute approximate surface area is 227 Å². The molecule has 0 unspecified atom stereocenters. The lowest BCUT2D eigenvalue weighted by molar-refractivity contribution is -0.157. The Kier molecular flexibility index (Phi) is 8.48. The molecule has 0 saturated carbocycles. The zero-order valence-corrected chi connectivity index (χ0v) is 23.0. The van der Waals surface area contributed by atoms with Crippen LogP contribution in [0.15, 0.2) is 48.7 Å². The molecule has 1 aromatic carbocycles. The Hall–Kier alpha value is -3.61. The molecule has 12 heteroatoms. The zero-order chi connectivity index (χ0) is 28.3. The van der Waals surface area contributed by atoms with Crippen LogP contribution in [0.25, 0.3) is 16.8 Å². The summed E-state index contributed by atoms with van der Waals surface area (Å²) in [6.45, 7) is 8.86. The van der Waals surface area contributed by atoms with E-state index < -0.39 is 57.8 Å². The molecule has 3 heterocycles. The molecule has 11 nitrogen and oxygen atoms in total. The van der Waals surface area contributed by atoms with Gasteiger partial charge in [-0.15, -0.1) is 0 Å². The zero-order valence-electron chi connectivity index (χ0n) is 22.1. The first-order valence-corrected chi connectivity index (χ1v) is 14.4. The van der Waals surface area contributed by atoms with E-state index in [0.717, 1.165) is 16.3 Å². The molecule has 0 radical (unpaired) electrons. The molecule has 5 bridgehead atoms. The highest BCUT2D eigenvalue weighted by atomic mass is 32.2. The minimum absolute atomic E-state index is 0.262. The number of nitrogens with one attached hydrogen (secondary N) is 3. The van der Waals surface area contributed by atoms with Crippen molar-refractivity contribution in [3.05, 3.63) is 59.9 Å². The first-order valence-electron chi connectivity index (χ1n) is 12.7. The number of cyclic esters (lactones) is 1. The van der Waals surface area contributed by atoms with E-state index in [-0.39, 0.29) is 5.57 Å². The van der Waals surface area contributed by atoms with E-state index in [1.807, 2.05) is 24.3 Å². The van der Waals surface area contributed by atoms with Crippen LogP contribution in [0.4, 0.5) is 0 Å². The number of ether oxygens (including phenoxy) is 1. The molecule has 0 aliphatic carbocycles. The van der Waals surface area contributed by atoms with Crippen LogP contribution in [0, 0.1) is 0 Å². The summed E-state index contributed by atoms with van der Waals surface area (Å²) in [5, 5.41) is 5.57. The van der Waals surface area contributed by atoms with E-state index in [2.05, 4.69) is 27.0 Å². The molecular formula is C27H33N5O6S. The van der Waals surface area contributed by atoms with Gasteiger partial charge in [0.05, 0.1) is 11.4 Å². The van der Waals surface area contributed by atoms with Crippen molar-refractivity contribution in [2.24, 2.45) is 0 Å². The van der Waals surface area contributed by atoms with Gasteiger partial charge >= 0.3 is 5.97 Å². The Morgan fingerprint density at radius 3 is 2.67 bits per heavy atom. The molecular weight excluding hydrogens is 522 g/mol. The van der Waals surface area contributed by atoms with Crippen LogP contribution >= 0.6 is 0 Å². The predicted octanol–water partition coefficient (Wildman–Crippen LogP) is 1.73. The average Bonchev–Trinajstić information content (AvgIpc) is 2.90. The lowest BCUT2D eigenvalue weighted by atomic mass is 10.0. The fraction of sp³-hybridized carbons (Fsp3) is 0.407. The van der Waals surface area contributed by atoms with Gasteiger partial charge in [0, 0.05) is 18.1 Å². The number of esters is 1. The number of hydrogen-bond acceptors (Lipinski definition) is 8. The molecule has 2 amide bonds. The van der Waals surface area contributed by atoms with Crippen molar-refractivity contribution in [1.29, 1.82) is 0 Å². The minimum Gasteiger partial charge on any atom is -0.457 e. The first kappa shape index (κ1) is 28.4. The second-order valence-electron chi connectivity index (χ2n) is 9.92. The Bertz CT molecular complexity index is 1440. The Morgan fingerprint density at radius 2 is 1.92 bits per heavy atom. The highest BCUT2D eigenvalue weighted by molar-refractivity contribution is 7.89. The molecule has 2 aliphatic rings. The molecule has 3 N–H and O–H groups in total. The second kappa shape index (κ2) is 11.6. The van der Waals surface area contributed by atoms with Crippen molar-refractivity contribution in [1.82, 2.24) is 25.5 Å². The summed E-state index contributed by atoms with van der Waals surface area (Å²) in [5.74, 6) is -2.07. The average molecular weight is 556 g/mol. The number of carbonyl (C=O) groups excluding carboxylic acids is 3. The van der Waals surface area contributed by atoms with Crippen LogP contribution in [0.2, 0.25) is 0 Å². The quantitative estimate of drug-likeness (QED) is 0.356. The molecule has 4 atom stereocenters. The van der Waals surface area contributed by atoms with Crippen LogP contribution in [-0.4, -0.2) is 66.6 Å². The monoisotopic (exact) mass is 555 g/mol. The van der Waals surface area contributed by atoms with E-state index >= 15 is 0 Å². The maximum atomic E-state index is 13.1. The third kappa shape index (κ3) is 6.88. The normalized spacial score (nSPS) is 27.5. The Balaban J connectivity index is 1.68. The van der Waals surface area contributed by atoms with Gasteiger partial charge in [0.25, 0.3) is 5.91 Å². The van der Waals surface area contributed by atoms with Crippen LogP contribution in [0.1, 0.15) is 51.0 Å². The maximum Gasteiger partial charge on any atom is 0.325 e. The number of rotatable bonds is 1. The third-order valence-corrected chi connectivity index (χ3v) is 7.88. The van der Waals surface area contributed by atoms with Gasteiger partial charge < -0.3 is 10.1 Å². The fourth-order valence-corrected chi connectivity index (χ4v) is 5.57. The van der Waals surface area contributed by atoms with Gasteiger partial charge in [0.2, 0.25) is 15.9 Å². The summed E-state index contributed by atoms with van der Waals surface area (Å²) in [6.07, 6.45) is 5.18. The number of fused-ring (bicyclic) bond motifs is 4. The lowest BCUT2D eigenvalue weighted by Crippen LogP contribution is -2.60. The van der Waals surface area contributed by atoms with Crippen molar-refractivity contribution >= 4 is 44.7 Å². The predicted molar refractivity (Wildman–Crippen MR) is 146 cm³/mol. The largest absolute Gasteiger partial charge is 0.457 e. The van der Waals surface area contributed by atoms with E-state index in [0.29, 0.717) is 25.1 Å². The summed E-state index contributed by atoms with van der Waals surface area (Å²) < 4.78 is 33.7. The van der Waals surface area contributed by atoms with Crippen LogP contribution in [-0.2, 0) is 29.1 Å². The number of benzene rings is 1. The van der Waals surface area contributed by atoms with Crippen LogP contribution in [0.5, 0.6) is 0 Å². The van der Waals surface area contributed by atoms with Crippen LogP contribution in [0.3, 0.4) is 0 Å². The summed E-state index contributed by atoms with van der Waals surface area (Å²) in [6, 6.07) is 4.43. The third-order valence-electron chi connectivity index (χ3n) is 6.65. The van der Waals surface area contributed by atoms with Crippen molar-refractivity contribution in [3.63, 3.8) is 0 Å². The Morgan fingerprint density at radius 1 is 1.15 bits per heavy atom. The highest BCUT2D eigenvalue weighted by Crippen LogP contribution is 2.24. The van der Waals surface area contributed by atoms with Gasteiger partial charge in [-0.25, -0.2) is 13.8 Å². The number of amides is 2. The van der Waals surface area contributed by atoms with Crippen molar-refractivity contribution in [2.75, 3.05) is 12.3 Å². The second-order valence-corrected chi connectivity index (χ2v) is 11.7. The molecule has 0 spiro atoms. The smallest absolute Gasteiger partial charge is 0.325 e. The van der Waals surface area contributed by atoms with Gasteiger partial charge in [-0.1, -0.05) is 30.4 Å². The van der Waals surface area contributed by atoms with E-state index in [9.17, 15) is 22.8 Å². The number of hydrogen-bond donors (Lipinski definition) is 3. The number of pyridine rings is 1. The fourth-order valence-electron chi connectivity index (χ4n) is 4.45. The van der Waals surface area contributed by atoms with Gasteiger partial charge in [-0.05, 0) is 62.8 Å². The summed E-state index contributed by atoms with van der Waals surface area (Å²) >= 11 is 0. The molecule has 1 fully saturated rings. The molecule has 4 rings (SSSR count). The first-order chi connectivity index (χ1) is 18.4. The van der Waals surface area contributed by atoms with E-state index in [4.69, 9.17) is 4.74 Å². The van der Waals surface area contributed by atoms with Gasteiger partial charge in [0.15, 0.2) is 0 Å². The van der Waals surface area contributed by atoms with E-state index in [1.54, 1.807) is 19.2 Å². The maximum absolute atomic E-state index is 13.1. The number of hydrazine groups is 1. The number of aromatic nitrogens is 1. The molecule has 2 aliphatic heterocycles. The van der Waals surface area contributed by atoms with Crippen molar-refractivity contribution in [3.8, 4) is 0 Å². The molecule has 208 valence electrons. The highest BCUT2D eigenvalue weighted by Gasteiger charge is 2.33. The summed E-state index contributed by atoms with van der Waals surface area (Å²) in [4.78, 5) is 43.4. The SMILES string of the molecule is C=C(C)[C@@H]1NS(=O)(=O)C/C=C/c2cc3cc(ccc3cn2)[C@@H](C)OC(=O)[C@@H]2CCCN(N2)C(=O)[C@H](C)NC1=O. The van der Waals surface area contributed by atoms with E-state index in [1.165, 1.54) is 24.9 Å².